The Balaban J connectivity index is 2.01. The zero-order chi connectivity index (χ0) is 15.8. The number of rotatable bonds is 7. The highest BCUT2D eigenvalue weighted by atomic mass is 16.3. The summed E-state index contributed by atoms with van der Waals surface area (Å²) in [4.78, 5) is 4.80. The molecule has 122 valence electrons. The number of aliphatic hydroxyl groups is 1. The van der Waals surface area contributed by atoms with Crippen molar-refractivity contribution in [3.63, 3.8) is 0 Å². The molecule has 2 rings (SSSR count). The second kappa shape index (κ2) is 8.18. The van der Waals surface area contributed by atoms with Gasteiger partial charge in [-0.1, -0.05) is 43.7 Å². The number of hydrogen-bond donors (Lipinski definition) is 3. The average Bonchev–Trinajstić information content (AvgIpc) is 2.52. The van der Waals surface area contributed by atoms with Gasteiger partial charge in [-0.15, -0.1) is 0 Å². The van der Waals surface area contributed by atoms with Crippen LogP contribution in [-0.4, -0.2) is 37.3 Å². The fraction of sp³-hybridized carbons (Fsp3) is 0.611. The van der Waals surface area contributed by atoms with E-state index in [2.05, 4.69) is 47.9 Å². The molecule has 4 heteroatoms. The summed E-state index contributed by atoms with van der Waals surface area (Å²) in [5, 5.41) is 15.7. The van der Waals surface area contributed by atoms with Gasteiger partial charge < -0.3 is 15.7 Å². The zero-order valence-electron chi connectivity index (χ0n) is 13.8. The number of nitrogens with zero attached hydrogens (tertiary/aromatic N) is 1. The minimum absolute atomic E-state index is 0.195. The number of aliphatic hydroxyl groups excluding tert-OH is 1. The van der Waals surface area contributed by atoms with Gasteiger partial charge in [0.05, 0.1) is 6.54 Å². The molecule has 0 heterocycles. The van der Waals surface area contributed by atoms with Gasteiger partial charge in [0.2, 0.25) is 0 Å². The van der Waals surface area contributed by atoms with E-state index < -0.39 is 0 Å². The lowest BCUT2D eigenvalue weighted by Crippen LogP contribution is -2.43. The van der Waals surface area contributed by atoms with E-state index in [0.717, 1.165) is 25.6 Å². The van der Waals surface area contributed by atoms with Crippen LogP contribution >= 0.6 is 0 Å². The number of guanidine groups is 1. The standard InChI is InChI=1S/C18H29N3O/c1-3-19-17(20-12-15(2)13-22)21-14-18(10-7-11-18)16-8-5-4-6-9-16/h4-6,8-9,15,22H,3,7,10-14H2,1-2H3,(H2,19,20,21). The minimum Gasteiger partial charge on any atom is -0.396 e. The predicted octanol–water partition coefficient (Wildman–Crippen LogP) is 2.29. The Morgan fingerprint density at radius 3 is 2.55 bits per heavy atom. The number of benzene rings is 1. The van der Waals surface area contributed by atoms with E-state index in [0.29, 0.717) is 0 Å². The molecule has 0 radical (unpaired) electrons. The normalized spacial score (nSPS) is 18.4. The fourth-order valence-electron chi connectivity index (χ4n) is 2.84. The fourth-order valence-corrected chi connectivity index (χ4v) is 2.84. The molecular weight excluding hydrogens is 274 g/mol. The molecule has 1 aromatic carbocycles. The van der Waals surface area contributed by atoms with Crippen LogP contribution < -0.4 is 10.6 Å². The van der Waals surface area contributed by atoms with Crippen molar-refractivity contribution >= 4 is 5.96 Å². The summed E-state index contributed by atoms with van der Waals surface area (Å²) in [5.41, 5.74) is 1.62. The monoisotopic (exact) mass is 303 g/mol. The first kappa shape index (κ1) is 16.8. The van der Waals surface area contributed by atoms with Gasteiger partial charge in [0.25, 0.3) is 0 Å². The zero-order valence-corrected chi connectivity index (χ0v) is 13.8. The molecule has 0 aromatic heterocycles. The van der Waals surface area contributed by atoms with E-state index >= 15 is 0 Å². The topological polar surface area (TPSA) is 56.7 Å². The molecule has 0 aliphatic heterocycles. The molecule has 1 aromatic rings. The van der Waals surface area contributed by atoms with Crippen LogP contribution in [0.25, 0.3) is 0 Å². The SMILES string of the molecule is CCNC(=NCC1(c2ccccc2)CCC1)NCC(C)CO. The maximum atomic E-state index is 9.13. The van der Waals surface area contributed by atoms with E-state index in [4.69, 9.17) is 10.1 Å². The molecule has 0 amide bonds. The van der Waals surface area contributed by atoms with Crippen molar-refractivity contribution in [1.82, 2.24) is 10.6 Å². The van der Waals surface area contributed by atoms with E-state index in [1.54, 1.807) is 0 Å². The smallest absolute Gasteiger partial charge is 0.191 e. The summed E-state index contributed by atoms with van der Waals surface area (Å²) in [6.45, 7) is 6.69. The van der Waals surface area contributed by atoms with Crippen molar-refractivity contribution in [2.75, 3.05) is 26.2 Å². The molecule has 22 heavy (non-hydrogen) atoms. The summed E-state index contributed by atoms with van der Waals surface area (Å²) in [7, 11) is 0. The summed E-state index contributed by atoms with van der Waals surface area (Å²) >= 11 is 0. The van der Waals surface area contributed by atoms with Crippen molar-refractivity contribution in [2.24, 2.45) is 10.9 Å². The first-order valence-corrected chi connectivity index (χ1v) is 8.39. The van der Waals surface area contributed by atoms with Crippen molar-refractivity contribution in [3.05, 3.63) is 35.9 Å². The molecule has 4 nitrogen and oxygen atoms in total. The maximum absolute atomic E-state index is 9.13. The lowest BCUT2D eigenvalue weighted by molar-refractivity contribution is 0.237. The molecule has 0 saturated heterocycles. The van der Waals surface area contributed by atoms with Gasteiger partial charge in [-0.3, -0.25) is 4.99 Å². The molecule has 1 fully saturated rings. The van der Waals surface area contributed by atoms with Gasteiger partial charge in [0, 0.05) is 25.1 Å². The quantitative estimate of drug-likeness (QED) is 0.535. The van der Waals surface area contributed by atoms with Crippen molar-refractivity contribution in [3.8, 4) is 0 Å². The van der Waals surface area contributed by atoms with Crippen LogP contribution in [0.5, 0.6) is 0 Å². The summed E-state index contributed by atoms with van der Waals surface area (Å²) in [6.07, 6.45) is 3.72. The highest BCUT2D eigenvalue weighted by Gasteiger charge is 2.38. The molecule has 1 aliphatic carbocycles. The van der Waals surface area contributed by atoms with E-state index in [1.807, 2.05) is 6.92 Å². The van der Waals surface area contributed by atoms with Crippen LogP contribution in [-0.2, 0) is 5.41 Å². The summed E-state index contributed by atoms with van der Waals surface area (Å²) in [6, 6.07) is 10.8. The molecule has 0 bridgehead atoms. The number of aliphatic imine (C=N–C) groups is 1. The lowest BCUT2D eigenvalue weighted by atomic mass is 9.64. The third kappa shape index (κ3) is 4.23. The molecule has 1 aliphatic rings. The Bertz CT molecular complexity index is 468. The van der Waals surface area contributed by atoms with Crippen LogP contribution in [0, 0.1) is 5.92 Å². The third-order valence-electron chi connectivity index (χ3n) is 4.51. The number of nitrogens with one attached hydrogen (secondary N) is 2. The molecule has 1 saturated carbocycles. The third-order valence-corrected chi connectivity index (χ3v) is 4.51. The van der Waals surface area contributed by atoms with E-state index in [1.165, 1.54) is 24.8 Å². The Labute approximate surface area is 134 Å². The molecule has 1 atom stereocenters. The second-order valence-corrected chi connectivity index (χ2v) is 6.36. The average molecular weight is 303 g/mol. The van der Waals surface area contributed by atoms with Crippen LogP contribution in [0.4, 0.5) is 0 Å². The maximum Gasteiger partial charge on any atom is 0.191 e. The first-order valence-electron chi connectivity index (χ1n) is 8.39. The van der Waals surface area contributed by atoms with Gasteiger partial charge in [0.1, 0.15) is 0 Å². The van der Waals surface area contributed by atoms with Gasteiger partial charge in [-0.05, 0) is 31.2 Å². The Hall–Kier alpha value is -1.55. The molecule has 3 N–H and O–H groups in total. The molecular formula is C18H29N3O. The van der Waals surface area contributed by atoms with Crippen molar-refractivity contribution in [1.29, 1.82) is 0 Å². The molecule has 0 spiro atoms. The Kier molecular flexibility index (Phi) is 6.25. The van der Waals surface area contributed by atoms with Gasteiger partial charge in [-0.25, -0.2) is 0 Å². The van der Waals surface area contributed by atoms with Crippen molar-refractivity contribution < 1.29 is 5.11 Å². The predicted molar refractivity (Wildman–Crippen MR) is 92.2 cm³/mol. The lowest BCUT2D eigenvalue weighted by Gasteiger charge is -2.41. The highest BCUT2D eigenvalue weighted by Crippen LogP contribution is 2.43. The molecule has 1 unspecified atom stereocenters. The Morgan fingerprint density at radius 2 is 2.00 bits per heavy atom. The first-order chi connectivity index (χ1) is 10.7. The largest absolute Gasteiger partial charge is 0.396 e. The van der Waals surface area contributed by atoms with Crippen LogP contribution in [0.2, 0.25) is 0 Å². The van der Waals surface area contributed by atoms with Gasteiger partial charge in [-0.2, -0.15) is 0 Å². The van der Waals surface area contributed by atoms with Crippen LogP contribution in [0.1, 0.15) is 38.7 Å². The van der Waals surface area contributed by atoms with Gasteiger partial charge >= 0.3 is 0 Å². The highest BCUT2D eigenvalue weighted by molar-refractivity contribution is 5.79. The van der Waals surface area contributed by atoms with Crippen molar-refractivity contribution in [2.45, 2.75) is 38.5 Å². The minimum atomic E-state index is 0.195. The Morgan fingerprint density at radius 1 is 1.27 bits per heavy atom. The van der Waals surface area contributed by atoms with Crippen LogP contribution in [0.3, 0.4) is 0 Å². The summed E-state index contributed by atoms with van der Waals surface area (Å²) in [5.74, 6) is 1.08. The van der Waals surface area contributed by atoms with Crippen LogP contribution in [0.15, 0.2) is 35.3 Å². The second-order valence-electron chi connectivity index (χ2n) is 6.36. The van der Waals surface area contributed by atoms with E-state index in [9.17, 15) is 0 Å². The summed E-state index contributed by atoms with van der Waals surface area (Å²) < 4.78 is 0. The van der Waals surface area contributed by atoms with E-state index in [-0.39, 0.29) is 17.9 Å². The number of hydrogen-bond acceptors (Lipinski definition) is 2. The van der Waals surface area contributed by atoms with Gasteiger partial charge in [0.15, 0.2) is 5.96 Å².